The molecule has 3 rings (SSSR count). The average molecular weight is 285 g/mol. The second-order valence-corrected chi connectivity index (χ2v) is 6.04. The summed E-state index contributed by atoms with van der Waals surface area (Å²) in [6.45, 7) is 4.40. The third kappa shape index (κ3) is 3.23. The molecular formula is C16H23N5. The number of nitrogens with zero attached hydrogens (tertiary/aromatic N) is 4. The second kappa shape index (κ2) is 6.24. The van der Waals surface area contributed by atoms with E-state index in [-0.39, 0.29) is 0 Å². The SMILES string of the molecule is CCC1CCCC(Nc2ccc(-n3cnnn3)c(C)c2)C1. The van der Waals surface area contributed by atoms with Crippen molar-refractivity contribution >= 4 is 5.69 Å². The molecule has 1 aromatic heterocycles. The Balaban J connectivity index is 1.71. The number of anilines is 1. The summed E-state index contributed by atoms with van der Waals surface area (Å²) in [4.78, 5) is 0. The van der Waals surface area contributed by atoms with E-state index in [0.717, 1.165) is 11.6 Å². The van der Waals surface area contributed by atoms with Gasteiger partial charge in [0.05, 0.1) is 5.69 Å². The molecule has 0 saturated heterocycles. The maximum atomic E-state index is 3.95. The van der Waals surface area contributed by atoms with E-state index in [4.69, 9.17) is 0 Å². The molecule has 2 unspecified atom stereocenters. The summed E-state index contributed by atoms with van der Waals surface area (Å²) in [5, 5.41) is 15.0. The Bertz CT molecular complexity index is 578. The molecule has 112 valence electrons. The van der Waals surface area contributed by atoms with Gasteiger partial charge in [-0.2, -0.15) is 0 Å². The van der Waals surface area contributed by atoms with Gasteiger partial charge in [-0.25, -0.2) is 4.68 Å². The Labute approximate surface area is 125 Å². The van der Waals surface area contributed by atoms with Gasteiger partial charge in [0.2, 0.25) is 0 Å². The van der Waals surface area contributed by atoms with Crippen molar-refractivity contribution < 1.29 is 0 Å². The van der Waals surface area contributed by atoms with Crippen LogP contribution in [0.1, 0.15) is 44.6 Å². The van der Waals surface area contributed by atoms with Gasteiger partial charge < -0.3 is 5.32 Å². The molecule has 0 spiro atoms. The minimum absolute atomic E-state index is 0.613. The van der Waals surface area contributed by atoms with Crippen molar-refractivity contribution in [2.24, 2.45) is 5.92 Å². The molecule has 1 aliphatic carbocycles. The largest absolute Gasteiger partial charge is 0.382 e. The van der Waals surface area contributed by atoms with Crippen molar-refractivity contribution in [2.75, 3.05) is 5.32 Å². The molecule has 21 heavy (non-hydrogen) atoms. The minimum Gasteiger partial charge on any atom is -0.382 e. The number of benzene rings is 1. The highest BCUT2D eigenvalue weighted by Gasteiger charge is 2.20. The molecule has 1 fully saturated rings. The van der Waals surface area contributed by atoms with Crippen molar-refractivity contribution in [3.05, 3.63) is 30.1 Å². The number of aryl methyl sites for hydroxylation is 1. The third-order valence-corrected chi connectivity index (χ3v) is 4.52. The van der Waals surface area contributed by atoms with Crippen molar-refractivity contribution in [1.29, 1.82) is 0 Å². The van der Waals surface area contributed by atoms with Crippen molar-refractivity contribution in [3.63, 3.8) is 0 Å². The summed E-state index contributed by atoms with van der Waals surface area (Å²) in [5.41, 5.74) is 3.40. The van der Waals surface area contributed by atoms with Crippen LogP contribution >= 0.6 is 0 Å². The van der Waals surface area contributed by atoms with Crippen LogP contribution in [0.25, 0.3) is 5.69 Å². The molecule has 1 aliphatic rings. The fraction of sp³-hybridized carbons (Fsp3) is 0.562. The number of hydrogen-bond acceptors (Lipinski definition) is 4. The first-order valence-corrected chi connectivity index (χ1v) is 7.87. The lowest BCUT2D eigenvalue weighted by Gasteiger charge is -2.30. The Morgan fingerprint density at radius 3 is 2.95 bits per heavy atom. The predicted octanol–water partition coefficient (Wildman–Crippen LogP) is 3.35. The number of rotatable bonds is 4. The van der Waals surface area contributed by atoms with Gasteiger partial charge in [-0.1, -0.05) is 26.2 Å². The highest BCUT2D eigenvalue weighted by molar-refractivity contribution is 5.53. The Kier molecular flexibility index (Phi) is 4.18. The zero-order valence-corrected chi connectivity index (χ0v) is 12.8. The maximum Gasteiger partial charge on any atom is 0.143 e. The van der Waals surface area contributed by atoms with Gasteiger partial charge in [0.1, 0.15) is 6.33 Å². The van der Waals surface area contributed by atoms with Gasteiger partial charge in [0.25, 0.3) is 0 Å². The number of nitrogens with one attached hydrogen (secondary N) is 1. The van der Waals surface area contributed by atoms with Gasteiger partial charge in [0, 0.05) is 11.7 Å². The Morgan fingerprint density at radius 2 is 2.24 bits per heavy atom. The lowest BCUT2D eigenvalue weighted by atomic mass is 9.84. The van der Waals surface area contributed by atoms with Crippen molar-refractivity contribution in [3.8, 4) is 5.69 Å². The van der Waals surface area contributed by atoms with Crippen molar-refractivity contribution in [1.82, 2.24) is 20.2 Å². The van der Waals surface area contributed by atoms with Gasteiger partial charge in [0.15, 0.2) is 0 Å². The normalized spacial score (nSPS) is 22.2. The van der Waals surface area contributed by atoms with Crippen LogP contribution in [0.2, 0.25) is 0 Å². The standard InChI is InChI=1S/C16H23N5/c1-3-13-5-4-6-14(10-13)18-15-7-8-16(12(2)9-15)21-11-17-19-20-21/h7-9,11,13-14,18H,3-6,10H2,1-2H3. The van der Waals surface area contributed by atoms with Crippen LogP contribution in [-0.4, -0.2) is 26.2 Å². The topological polar surface area (TPSA) is 55.6 Å². The molecule has 0 amide bonds. The third-order valence-electron chi connectivity index (χ3n) is 4.52. The van der Waals surface area contributed by atoms with E-state index in [1.807, 2.05) is 0 Å². The van der Waals surface area contributed by atoms with E-state index < -0.39 is 0 Å². The van der Waals surface area contributed by atoms with E-state index in [0.29, 0.717) is 6.04 Å². The monoisotopic (exact) mass is 285 g/mol. The van der Waals surface area contributed by atoms with Crippen LogP contribution in [0.3, 0.4) is 0 Å². The van der Waals surface area contributed by atoms with E-state index in [1.54, 1.807) is 11.0 Å². The number of aromatic nitrogens is 4. The predicted molar refractivity (Wildman–Crippen MR) is 83.6 cm³/mol. The fourth-order valence-electron chi connectivity index (χ4n) is 3.30. The van der Waals surface area contributed by atoms with E-state index in [1.165, 1.54) is 43.4 Å². The molecule has 1 aromatic carbocycles. The molecule has 1 heterocycles. The average Bonchev–Trinajstić information content (AvgIpc) is 3.01. The first kappa shape index (κ1) is 14.0. The fourth-order valence-corrected chi connectivity index (χ4v) is 3.30. The van der Waals surface area contributed by atoms with Crippen LogP contribution in [0, 0.1) is 12.8 Å². The maximum absolute atomic E-state index is 3.95. The smallest absolute Gasteiger partial charge is 0.143 e. The Morgan fingerprint density at radius 1 is 1.33 bits per heavy atom. The quantitative estimate of drug-likeness (QED) is 0.936. The van der Waals surface area contributed by atoms with Crippen LogP contribution in [-0.2, 0) is 0 Å². The van der Waals surface area contributed by atoms with E-state index >= 15 is 0 Å². The molecule has 0 radical (unpaired) electrons. The van der Waals surface area contributed by atoms with Crippen LogP contribution in [0.15, 0.2) is 24.5 Å². The minimum atomic E-state index is 0.613. The van der Waals surface area contributed by atoms with Gasteiger partial charge in [-0.05, 0) is 59.9 Å². The van der Waals surface area contributed by atoms with Crippen LogP contribution < -0.4 is 5.32 Å². The summed E-state index contributed by atoms with van der Waals surface area (Å²) >= 11 is 0. The molecule has 2 aromatic rings. The van der Waals surface area contributed by atoms with Gasteiger partial charge >= 0.3 is 0 Å². The number of hydrogen-bond donors (Lipinski definition) is 1. The molecule has 1 saturated carbocycles. The highest BCUT2D eigenvalue weighted by Crippen LogP contribution is 2.29. The summed E-state index contributed by atoms with van der Waals surface area (Å²) < 4.78 is 1.70. The second-order valence-electron chi connectivity index (χ2n) is 6.04. The molecule has 5 heteroatoms. The van der Waals surface area contributed by atoms with Crippen molar-refractivity contribution in [2.45, 2.75) is 52.0 Å². The molecule has 2 atom stereocenters. The Hall–Kier alpha value is -1.91. The van der Waals surface area contributed by atoms with Crippen LogP contribution in [0.5, 0.6) is 0 Å². The zero-order valence-electron chi connectivity index (χ0n) is 12.8. The van der Waals surface area contributed by atoms with E-state index in [9.17, 15) is 0 Å². The molecule has 1 N–H and O–H groups in total. The zero-order chi connectivity index (χ0) is 14.7. The van der Waals surface area contributed by atoms with Gasteiger partial charge in [-0.15, -0.1) is 5.10 Å². The summed E-state index contributed by atoms with van der Waals surface area (Å²) in [6.07, 6.45) is 8.25. The highest BCUT2D eigenvalue weighted by atomic mass is 15.5. The summed E-state index contributed by atoms with van der Waals surface area (Å²) in [5.74, 6) is 0.887. The molecule has 0 bridgehead atoms. The summed E-state index contributed by atoms with van der Waals surface area (Å²) in [6, 6.07) is 7.00. The molecular weight excluding hydrogens is 262 g/mol. The lowest BCUT2D eigenvalue weighted by molar-refractivity contribution is 0.327. The lowest BCUT2D eigenvalue weighted by Crippen LogP contribution is -2.27. The first-order valence-electron chi connectivity index (χ1n) is 7.87. The summed E-state index contributed by atoms with van der Waals surface area (Å²) in [7, 11) is 0. The molecule has 5 nitrogen and oxygen atoms in total. The van der Waals surface area contributed by atoms with E-state index in [2.05, 4.69) is 52.9 Å². The first-order chi connectivity index (χ1) is 10.3. The van der Waals surface area contributed by atoms with Crippen LogP contribution in [0.4, 0.5) is 5.69 Å². The van der Waals surface area contributed by atoms with Gasteiger partial charge in [-0.3, -0.25) is 0 Å². The number of tetrazole rings is 1. The molecule has 0 aliphatic heterocycles.